The molecular weight excluding hydrogens is 781 g/mol. The maximum Gasteiger partial charge on any atom is 0.305 e. The van der Waals surface area contributed by atoms with Crippen molar-refractivity contribution in [2.75, 3.05) is 21.3 Å². The van der Waals surface area contributed by atoms with Gasteiger partial charge in [-0.1, -0.05) is 211 Å². The third kappa shape index (κ3) is 66.4. The Labute approximate surface area is 393 Å². The molecule has 0 fully saturated rings. The van der Waals surface area contributed by atoms with E-state index in [4.69, 9.17) is 0 Å². The average molecular weight is 889 g/mol. The lowest BCUT2D eigenvalue weighted by atomic mass is 10.1. The fraction of sp³-hybridized carbons (Fsp3) is 0.842. The molecule has 0 spiro atoms. The van der Waals surface area contributed by atoms with Gasteiger partial charge in [0.05, 0.1) is 21.3 Å². The van der Waals surface area contributed by atoms with Crippen LogP contribution in [0.1, 0.15) is 290 Å². The van der Waals surface area contributed by atoms with Gasteiger partial charge in [0.2, 0.25) is 0 Å². The molecule has 0 radical (unpaired) electrons. The molecule has 0 aromatic heterocycles. The van der Waals surface area contributed by atoms with Gasteiger partial charge in [0.25, 0.3) is 0 Å². The Bertz CT molecular complexity index is 935. The van der Waals surface area contributed by atoms with Crippen LogP contribution in [0, 0.1) is 0 Å². The molecule has 0 aliphatic rings. The van der Waals surface area contributed by atoms with Crippen molar-refractivity contribution in [3.05, 3.63) is 36.5 Å². The van der Waals surface area contributed by atoms with Gasteiger partial charge in [0.1, 0.15) is 0 Å². The van der Waals surface area contributed by atoms with Gasteiger partial charge in [-0.15, -0.1) is 0 Å². The molecule has 0 saturated carbocycles. The summed E-state index contributed by atoms with van der Waals surface area (Å²) in [7, 11) is 4.35. The van der Waals surface area contributed by atoms with Crippen molar-refractivity contribution < 1.29 is 28.6 Å². The summed E-state index contributed by atoms with van der Waals surface area (Å²) >= 11 is 0. The first kappa shape index (κ1) is 64.9. The van der Waals surface area contributed by atoms with E-state index in [0.717, 1.165) is 51.4 Å². The molecular formula is C57H108O6. The molecule has 0 saturated heterocycles. The number of carbonyl (C=O) groups excluding carboxylic acids is 3. The van der Waals surface area contributed by atoms with Gasteiger partial charge < -0.3 is 14.2 Å². The molecule has 0 aromatic carbocycles. The summed E-state index contributed by atoms with van der Waals surface area (Å²) < 4.78 is 13.9. The fourth-order valence-corrected chi connectivity index (χ4v) is 7.33. The van der Waals surface area contributed by atoms with Crippen LogP contribution in [0.5, 0.6) is 0 Å². The molecule has 0 aromatic rings. The van der Waals surface area contributed by atoms with Crippen LogP contribution >= 0.6 is 0 Å². The molecule has 6 nitrogen and oxygen atoms in total. The predicted octanol–water partition coefficient (Wildman–Crippen LogP) is 18.6. The molecule has 0 bridgehead atoms. The predicted molar refractivity (Wildman–Crippen MR) is 274 cm³/mol. The second kappa shape index (κ2) is 61.7. The quantitative estimate of drug-likeness (QED) is 0.0262. The number of allylic oxidation sites excluding steroid dienone is 6. The molecule has 63 heavy (non-hydrogen) atoms. The van der Waals surface area contributed by atoms with E-state index in [1.165, 1.54) is 220 Å². The van der Waals surface area contributed by atoms with Gasteiger partial charge >= 0.3 is 17.9 Å². The van der Waals surface area contributed by atoms with E-state index in [0.29, 0.717) is 19.3 Å². The van der Waals surface area contributed by atoms with Crippen LogP contribution in [0.3, 0.4) is 0 Å². The summed E-state index contributed by atoms with van der Waals surface area (Å²) in [5.41, 5.74) is 0. The molecule has 372 valence electrons. The van der Waals surface area contributed by atoms with Gasteiger partial charge in [-0.25, -0.2) is 0 Å². The van der Waals surface area contributed by atoms with Crippen LogP contribution in [0.15, 0.2) is 36.5 Å². The largest absolute Gasteiger partial charge is 0.469 e. The number of rotatable bonds is 45. The lowest BCUT2D eigenvalue weighted by Gasteiger charge is -2.00. The van der Waals surface area contributed by atoms with E-state index < -0.39 is 0 Å². The highest BCUT2D eigenvalue weighted by Crippen LogP contribution is 2.13. The maximum absolute atomic E-state index is 10.9. The highest BCUT2D eigenvalue weighted by Gasteiger charge is 2.01. The molecule has 6 heteroatoms. The van der Waals surface area contributed by atoms with Crippen molar-refractivity contribution in [2.24, 2.45) is 0 Å². The van der Waals surface area contributed by atoms with E-state index in [-0.39, 0.29) is 17.9 Å². The molecule has 0 unspecified atom stereocenters. The lowest BCUT2D eigenvalue weighted by molar-refractivity contribution is -0.141. The zero-order valence-corrected chi connectivity index (χ0v) is 43.1. The summed E-state index contributed by atoms with van der Waals surface area (Å²) in [5, 5.41) is 0. The Kier molecular flexibility index (Phi) is 63.6. The van der Waals surface area contributed by atoms with Crippen LogP contribution in [-0.4, -0.2) is 39.2 Å². The number of hydrogen-bond acceptors (Lipinski definition) is 6. The van der Waals surface area contributed by atoms with Crippen molar-refractivity contribution in [3.8, 4) is 0 Å². The van der Waals surface area contributed by atoms with Crippen LogP contribution in [0.4, 0.5) is 0 Å². The first-order chi connectivity index (χ1) is 30.9. The first-order valence-electron chi connectivity index (χ1n) is 27.1. The standard InChI is InChI=1S/C20H36O4.C19H36O2.C18H36/c1-23-19(21)17-15-13-11-9-7-5-3-4-6-8-10-12-14-16-18-20(22)24-2;1-3-4-5-6-7-8-9-10-11-12-13-14-15-16-17-18-19(20)21-2;1-3-5-7-9-11-13-15-17-18-16-14-12-10-8-6-4-2/h3-4H,5-18H2,1-2H3;10-11H,3-9,12-18H2,1-2H3;17-18H,3-16H2,1-2H3/b;11-10-;. The number of unbranched alkanes of at least 4 members (excludes halogenated alkanes) is 33. The highest BCUT2D eigenvalue weighted by atomic mass is 16.5. The smallest absolute Gasteiger partial charge is 0.305 e. The number of esters is 3. The molecule has 0 aliphatic heterocycles. The van der Waals surface area contributed by atoms with Crippen molar-refractivity contribution in [3.63, 3.8) is 0 Å². The highest BCUT2D eigenvalue weighted by molar-refractivity contribution is 5.69. The Morgan fingerprint density at radius 1 is 0.254 bits per heavy atom. The second-order valence-corrected chi connectivity index (χ2v) is 17.7. The Morgan fingerprint density at radius 3 is 0.587 bits per heavy atom. The van der Waals surface area contributed by atoms with E-state index in [1.807, 2.05) is 0 Å². The zero-order valence-electron chi connectivity index (χ0n) is 43.1. The molecule has 0 N–H and O–H groups in total. The molecule has 0 rings (SSSR count). The number of ether oxygens (including phenoxy) is 3. The van der Waals surface area contributed by atoms with Crippen LogP contribution in [0.2, 0.25) is 0 Å². The molecule has 0 heterocycles. The minimum Gasteiger partial charge on any atom is -0.469 e. The van der Waals surface area contributed by atoms with Gasteiger partial charge in [-0.05, 0) is 96.3 Å². The Hall–Kier alpha value is -2.37. The van der Waals surface area contributed by atoms with Crippen molar-refractivity contribution in [1.82, 2.24) is 0 Å². The van der Waals surface area contributed by atoms with Crippen molar-refractivity contribution >= 4 is 17.9 Å². The van der Waals surface area contributed by atoms with Crippen LogP contribution in [-0.2, 0) is 28.6 Å². The second-order valence-electron chi connectivity index (χ2n) is 17.7. The average Bonchev–Trinajstić information content (AvgIpc) is 3.30. The Balaban J connectivity index is -0.000000866. The number of hydrogen-bond donors (Lipinski definition) is 0. The minimum atomic E-state index is -0.0959. The summed E-state index contributed by atoms with van der Waals surface area (Å²) in [6.45, 7) is 6.83. The maximum atomic E-state index is 10.9. The summed E-state index contributed by atoms with van der Waals surface area (Å²) in [4.78, 5) is 32.8. The molecule has 0 amide bonds. The number of carbonyl (C=O) groups is 3. The summed E-state index contributed by atoms with van der Waals surface area (Å²) in [6, 6.07) is 0. The van der Waals surface area contributed by atoms with Gasteiger partial charge in [-0.3, -0.25) is 14.4 Å². The van der Waals surface area contributed by atoms with Crippen LogP contribution < -0.4 is 0 Å². The molecule has 0 atom stereocenters. The summed E-state index contributed by atoms with van der Waals surface area (Å²) in [5.74, 6) is -0.268. The van der Waals surface area contributed by atoms with E-state index >= 15 is 0 Å². The topological polar surface area (TPSA) is 78.9 Å². The molecule has 0 aliphatic carbocycles. The fourth-order valence-electron chi connectivity index (χ4n) is 7.33. The third-order valence-electron chi connectivity index (χ3n) is 11.6. The van der Waals surface area contributed by atoms with Gasteiger partial charge in [-0.2, -0.15) is 0 Å². The van der Waals surface area contributed by atoms with E-state index in [2.05, 4.69) is 71.4 Å². The van der Waals surface area contributed by atoms with Crippen molar-refractivity contribution in [2.45, 2.75) is 290 Å². The van der Waals surface area contributed by atoms with Crippen LogP contribution in [0.25, 0.3) is 0 Å². The van der Waals surface area contributed by atoms with Gasteiger partial charge in [0.15, 0.2) is 0 Å². The normalized spacial score (nSPS) is 11.1. The van der Waals surface area contributed by atoms with E-state index in [9.17, 15) is 14.4 Å². The third-order valence-corrected chi connectivity index (χ3v) is 11.6. The van der Waals surface area contributed by atoms with E-state index in [1.54, 1.807) is 0 Å². The minimum absolute atomic E-state index is 0.0763. The SMILES string of the molecule is CCCCCCCC/C=C\CCCCCCCC(=O)OC.CCCCCCCCC=CCCCCCCCC.COC(=O)CCCCCCCC=CCCCCCCCC(=O)OC. The van der Waals surface area contributed by atoms with Crippen molar-refractivity contribution in [1.29, 1.82) is 0 Å². The zero-order chi connectivity index (χ0) is 46.8. The number of methoxy groups -OCH3 is 3. The Morgan fingerprint density at radius 2 is 0.413 bits per heavy atom. The lowest BCUT2D eigenvalue weighted by Crippen LogP contribution is -1.99. The monoisotopic (exact) mass is 889 g/mol. The van der Waals surface area contributed by atoms with Gasteiger partial charge in [0, 0.05) is 19.3 Å². The first-order valence-corrected chi connectivity index (χ1v) is 27.1. The summed E-state index contributed by atoms with van der Waals surface area (Å²) in [6.07, 6.45) is 66.0.